The summed E-state index contributed by atoms with van der Waals surface area (Å²) in [5.74, 6) is -1.01. The Labute approximate surface area is 107 Å². The predicted octanol–water partition coefficient (Wildman–Crippen LogP) is 1.61. The van der Waals surface area contributed by atoms with Crippen LogP contribution in [0, 0.1) is 11.3 Å². The maximum Gasteiger partial charge on any atom is 0.328 e. The third kappa shape index (κ3) is 2.60. The van der Waals surface area contributed by atoms with E-state index in [1.165, 1.54) is 0 Å². The molecule has 0 spiro atoms. The fraction of sp³-hybridized carbons (Fsp3) is 0.727. The molecular weight excluding hydrogens is 244 g/mol. The number of imide groups is 2. The second-order valence-corrected chi connectivity index (χ2v) is 4.25. The first-order valence-corrected chi connectivity index (χ1v) is 5.65. The minimum absolute atomic E-state index is 0. The van der Waals surface area contributed by atoms with Crippen molar-refractivity contribution >= 4 is 30.3 Å². The van der Waals surface area contributed by atoms with Gasteiger partial charge >= 0.3 is 6.03 Å². The Bertz CT molecular complexity index is 311. The molecule has 17 heavy (non-hydrogen) atoms. The topological polar surface area (TPSA) is 75.3 Å². The normalized spacial score (nSPS) is 20.1. The molecule has 5 nitrogen and oxygen atoms in total. The SMILES string of the molecule is CCCC(C)C1(CC)C(=O)NC(=O)NC1=O.Cl. The second-order valence-electron chi connectivity index (χ2n) is 4.25. The van der Waals surface area contributed by atoms with Gasteiger partial charge in [0.25, 0.3) is 0 Å². The lowest BCUT2D eigenvalue weighted by atomic mass is 9.70. The molecule has 6 heteroatoms. The maximum absolute atomic E-state index is 11.9. The minimum Gasteiger partial charge on any atom is -0.277 e. The largest absolute Gasteiger partial charge is 0.328 e. The summed E-state index contributed by atoms with van der Waals surface area (Å²) in [5, 5.41) is 4.36. The Hall–Kier alpha value is -1.10. The molecule has 1 fully saturated rings. The molecular formula is C11H19ClN2O3. The number of carbonyl (C=O) groups is 3. The highest BCUT2D eigenvalue weighted by atomic mass is 35.5. The Morgan fingerprint density at radius 2 is 1.59 bits per heavy atom. The Morgan fingerprint density at radius 1 is 1.12 bits per heavy atom. The van der Waals surface area contributed by atoms with Gasteiger partial charge in [0.05, 0.1) is 0 Å². The summed E-state index contributed by atoms with van der Waals surface area (Å²) in [6, 6.07) is -0.720. The van der Waals surface area contributed by atoms with Gasteiger partial charge < -0.3 is 0 Å². The van der Waals surface area contributed by atoms with Crippen LogP contribution in [0.3, 0.4) is 0 Å². The predicted molar refractivity (Wildman–Crippen MR) is 65.7 cm³/mol. The van der Waals surface area contributed by atoms with Crippen LogP contribution in [0.2, 0.25) is 0 Å². The summed E-state index contributed by atoms with van der Waals surface area (Å²) in [6.45, 7) is 5.67. The van der Waals surface area contributed by atoms with E-state index >= 15 is 0 Å². The summed E-state index contributed by atoms with van der Waals surface area (Å²) in [5.41, 5.74) is -1.09. The quantitative estimate of drug-likeness (QED) is 0.756. The summed E-state index contributed by atoms with van der Waals surface area (Å²) in [7, 11) is 0. The monoisotopic (exact) mass is 262 g/mol. The van der Waals surface area contributed by atoms with E-state index in [2.05, 4.69) is 10.6 Å². The van der Waals surface area contributed by atoms with E-state index < -0.39 is 23.3 Å². The van der Waals surface area contributed by atoms with Crippen LogP contribution in [0.25, 0.3) is 0 Å². The van der Waals surface area contributed by atoms with Crippen LogP contribution in [0.5, 0.6) is 0 Å². The molecule has 0 aromatic heterocycles. The molecule has 0 saturated carbocycles. The van der Waals surface area contributed by atoms with Crippen molar-refractivity contribution < 1.29 is 14.4 Å². The molecule has 0 aromatic rings. The fourth-order valence-corrected chi connectivity index (χ4v) is 2.36. The van der Waals surface area contributed by atoms with E-state index in [1.54, 1.807) is 6.92 Å². The molecule has 98 valence electrons. The van der Waals surface area contributed by atoms with Crippen molar-refractivity contribution in [2.24, 2.45) is 11.3 Å². The van der Waals surface area contributed by atoms with Gasteiger partial charge in [-0.05, 0) is 18.8 Å². The molecule has 1 aliphatic heterocycles. The average molecular weight is 263 g/mol. The van der Waals surface area contributed by atoms with E-state index in [9.17, 15) is 14.4 Å². The van der Waals surface area contributed by atoms with Crippen LogP contribution < -0.4 is 10.6 Å². The molecule has 0 aliphatic carbocycles. The van der Waals surface area contributed by atoms with E-state index in [4.69, 9.17) is 0 Å². The van der Waals surface area contributed by atoms with Crippen molar-refractivity contribution in [2.45, 2.75) is 40.0 Å². The number of rotatable bonds is 4. The Morgan fingerprint density at radius 3 is 1.94 bits per heavy atom. The molecule has 1 unspecified atom stereocenters. The van der Waals surface area contributed by atoms with Gasteiger partial charge in [-0.25, -0.2) is 4.79 Å². The van der Waals surface area contributed by atoms with Crippen LogP contribution in [0.15, 0.2) is 0 Å². The van der Waals surface area contributed by atoms with Crippen LogP contribution in [0.1, 0.15) is 40.0 Å². The van der Waals surface area contributed by atoms with Crippen molar-refractivity contribution in [1.82, 2.24) is 10.6 Å². The number of halogens is 1. The van der Waals surface area contributed by atoms with Crippen molar-refractivity contribution in [3.63, 3.8) is 0 Å². The Balaban J connectivity index is 0.00000256. The highest BCUT2D eigenvalue weighted by molar-refractivity contribution is 6.19. The number of nitrogens with one attached hydrogen (secondary N) is 2. The van der Waals surface area contributed by atoms with Crippen LogP contribution >= 0.6 is 12.4 Å². The molecule has 1 aliphatic rings. The van der Waals surface area contributed by atoms with Gasteiger partial charge in [-0.3, -0.25) is 20.2 Å². The number of barbiturate groups is 1. The van der Waals surface area contributed by atoms with Gasteiger partial charge in [0, 0.05) is 0 Å². The second kappa shape index (κ2) is 6.00. The highest BCUT2D eigenvalue weighted by Gasteiger charge is 2.52. The molecule has 0 aromatic carbocycles. The van der Waals surface area contributed by atoms with E-state index in [0.717, 1.165) is 12.8 Å². The van der Waals surface area contributed by atoms with Gasteiger partial charge in [0.1, 0.15) is 5.41 Å². The molecule has 1 atom stereocenters. The van der Waals surface area contributed by atoms with Crippen molar-refractivity contribution in [3.8, 4) is 0 Å². The number of urea groups is 1. The average Bonchev–Trinajstić information content (AvgIpc) is 2.18. The minimum atomic E-state index is -1.09. The van der Waals surface area contributed by atoms with E-state index in [0.29, 0.717) is 6.42 Å². The zero-order chi connectivity index (χ0) is 12.3. The highest BCUT2D eigenvalue weighted by Crippen LogP contribution is 2.36. The molecule has 2 N–H and O–H groups in total. The summed E-state index contributed by atoms with van der Waals surface area (Å²) in [6.07, 6.45) is 2.08. The Kier molecular flexibility index (Phi) is 5.61. The summed E-state index contributed by atoms with van der Waals surface area (Å²) >= 11 is 0. The summed E-state index contributed by atoms with van der Waals surface area (Å²) in [4.78, 5) is 34.8. The van der Waals surface area contributed by atoms with E-state index in [-0.39, 0.29) is 18.3 Å². The number of amides is 4. The maximum atomic E-state index is 11.9. The number of carbonyl (C=O) groups excluding carboxylic acids is 3. The third-order valence-electron chi connectivity index (χ3n) is 3.39. The first-order chi connectivity index (χ1) is 7.48. The van der Waals surface area contributed by atoms with Crippen LogP contribution in [-0.4, -0.2) is 17.8 Å². The van der Waals surface area contributed by atoms with Crippen LogP contribution in [0.4, 0.5) is 4.79 Å². The van der Waals surface area contributed by atoms with Crippen molar-refractivity contribution in [1.29, 1.82) is 0 Å². The zero-order valence-corrected chi connectivity index (χ0v) is 11.1. The third-order valence-corrected chi connectivity index (χ3v) is 3.39. The van der Waals surface area contributed by atoms with E-state index in [1.807, 2.05) is 13.8 Å². The molecule has 0 radical (unpaired) electrons. The first kappa shape index (κ1) is 15.9. The molecule has 4 amide bonds. The first-order valence-electron chi connectivity index (χ1n) is 5.65. The molecule has 1 rings (SSSR count). The lowest BCUT2D eigenvalue weighted by Gasteiger charge is -2.37. The van der Waals surface area contributed by atoms with Gasteiger partial charge in [-0.15, -0.1) is 12.4 Å². The van der Waals surface area contributed by atoms with Crippen LogP contribution in [-0.2, 0) is 9.59 Å². The molecule has 1 heterocycles. The molecule has 1 saturated heterocycles. The van der Waals surface area contributed by atoms with Gasteiger partial charge in [-0.2, -0.15) is 0 Å². The smallest absolute Gasteiger partial charge is 0.277 e. The molecule has 0 bridgehead atoms. The van der Waals surface area contributed by atoms with Gasteiger partial charge in [-0.1, -0.05) is 27.2 Å². The van der Waals surface area contributed by atoms with Gasteiger partial charge in [0.2, 0.25) is 11.8 Å². The lowest BCUT2D eigenvalue weighted by Crippen LogP contribution is -2.64. The lowest BCUT2D eigenvalue weighted by molar-refractivity contribution is -0.148. The number of hydrogen-bond donors (Lipinski definition) is 2. The fourth-order valence-electron chi connectivity index (χ4n) is 2.36. The zero-order valence-electron chi connectivity index (χ0n) is 10.3. The van der Waals surface area contributed by atoms with Gasteiger partial charge in [0.15, 0.2) is 0 Å². The van der Waals surface area contributed by atoms with Crippen molar-refractivity contribution in [3.05, 3.63) is 0 Å². The standard InChI is InChI=1S/C11H18N2O3.ClH/c1-4-6-7(3)11(5-2)8(14)12-10(16)13-9(11)15;/h7H,4-6H2,1-3H3,(H2,12,13,14,15,16);1H. The number of hydrogen-bond acceptors (Lipinski definition) is 3. The summed E-state index contributed by atoms with van der Waals surface area (Å²) < 4.78 is 0. The van der Waals surface area contributed by atoms with Crippen molar-refractivity contribution in [2.75, 3.05) is 0 Å².